The Morgan fingerprint density at radius 2 is 2.33 bits per heavy atom. The maximum absolute atomic E-state index is 9.51. The monoisotopic (exact) mass is 191 g/mol. The highest BCUT2D eigenvalue weighted by molar-refractivity contribution is 5.85. The molecule has 0 aliphatic carbocycles. The fourth-order valence-electron chi connectivity index (χ4n) is 2.04. The highest BCUT2D eigenvalue weighted by Crippen LogP contribution is 2.28. The number of rotatable bonds is 1. The molecule has 2 N–H and O–H groups in total. The maximum atomic E-state index is 9.51. The third-order valence-electron chi connectivity index (χ3n) is 2.62. The molecule has 70 valence electrons. The molecule has 0 spiro atoms. The van der Waals surface area contributed by atoms with Crippen molar-refractivity contribution in [3.63, 3.8) is 0 Å². The van der Waals surface area contributed by atoms with Crippen LogP contribution in [0.2, 0.25) is 0 Å². The van der Waals surface area contributed by atoms with Crippen molar-refractivity contribution in [2.75, 3.05) is 19.7 Å². The summed E-state index contributed by atoms with van der Waals surface area (Å²) in [6.45, 7) is 1.96. The van der Waals surface area contributed by atoms with Crippen LogP contribution >= 0.6 is 12.4 Å². The molecule has 3 nitrogen and oxygen atoms in total. The van der Waals surface area contributed by atoms with Gasteiger partial charge >= 0.3 is 0 Å². The summed E-state index contributed by atoms with van der Waals surface area (Å²) in [6, 6.07) is 0.125. The van der Waals surface area contributed by atoms with Gasteiger partial charge in [0.25, 0.3) is 0 Å². The average Bonchev–Trinajstić information content (AvgIpc) is 2.54. The van der Waals surface area contributed by atoms with Gasteiger partial charge in [0.05, 0.1) is 18.8 Å². The first-order valence-corrected chi connectivity index (χ1v) is 4.05. The van der Waals surface area contributed by atoms with E-state index < -0.39 is 0 Å². The van der Waals surface area contributed by atoms with Crippen LogP contribution in [0.5, 0.6) is 0 Å². The van der Waals surface area contributed by atoms with Gasteiger partial charge in [-0.1, -0.05) is 6.08 Å². The predicted molar refractivity (Wildman–Crippen MR) is 48.4 cm³/mol. The maximum Gasteiger partial charge on any atom is 0.0746 e. The van der Waals surface area contributed by atoms with Crippen LogP contribution in [0.25, 0.3) is 0 Å². The van der Waals surface area contributed by atoms with Gasteiger partial charge < -0.3 is 10.2 Å². The Labute approximate surface area is 78.1 Å². The molecule has 0 unspecified atom stereocenters. The first-order valence-electron chi connectivity index (χ1n) is 4.05. The molecule has 0 aromatic carbocycles. The van der Waals surface area contributed by atoms with E-state index in [1.165, 1.54) is 0 Å². The third kappa shape index (κ3) is 1.38. The van der Waals surface area contributed by atoms with Gasteiger partial charge in [0.2, 0.25) is 0 Å². The molecule has 0 aromatic heterocycles. The number of hydrogen-bond donors (Lipinski definition) is 2. The van der Waals surface area contributed by atoms with Crippen LogP contribution in [0.4, 0.5) is 0 Å². The molecule has 0 saturated carbocycles. The Morgan fingerprint density at radius 3 is 3.00 bits per heavy atom. The van der Waals surface area contributed by atoms with Crippen molar-refractivity contribution in [3.8, 4) is 0 Å². The van der Waals surface area contributed by atoms with E-state index in [1.54, 1.807) is 0 Å². The van der Waals surface area contributed by atoms with E-state index in [0.29, 0.717) is 0 Å². The van der Waals surface area contributed by atoms with Crippen molar-refractivity contribution in [1.82, 2.24) is 4.90 Å². The molecule has 1 fully saturated rings. The summed E-state index contributed by atoms with van der Waals surface area (Å²) in [7, 11) is 0. The second-order valence-electron chi connectivity index (χ2n) is 3.23. The second-order valence-corrected chi connectivity index (χ2v) is 3.23. The first-order chi connectivity index (χ1) is 5.33. The van der Waals surface area contributed by atoms with Gasteiger partial charge in [-0.05, 0) is 12.0 Å². The lowest BCUT2D eigenvalue weighted by atomic mass is 10.1. The summed E-state index contributed by atoms with van der Waals surface area (Å²) in [6.07, 6.45) is 2.62. The largest absolute Gasteiger partial charge is 0.392 e. The smallest absolute Gasteiger partial charge is 0.0746 e. The summed E-state index contributed by atoms with van der Waals surface area (Å²) in [5.74, 6) is 0. The van der Waals surface area contributed by atoms with Crippen molar-refractivity contribution in [2.45, 2.75) is 18.6 Å². The molecule has 2 aliphatic rings. The molecule has 0 bridgehead atoms. The molecule has 1 saturated heterocycles. The molecule has 0 amide bonds. The Balaban J connectivity index is 0.000000720. The standard InChI is InChI=1S/C8H13NO2.ClH/c10-5-6-1-3-9-4-2-7(11)8(6)9;/h1,7-8,10-11H,2-5H2;1H/t7-,8-;/m0./s1. The summed E-state index contributed by atoms with van der Waals surface area (Å²) in [5, 5.41) is 18.4. The minimum absolute atomic E-state index is 0. The molecule has 2 aliphatic heterocycles. The fraction of sp³-hybridized carbons (Fsp3) is 0.750. The van der Waals surface area contributed by atoms with Crippen LogP contribution in [0.15, 0.2) is 11.6 Å². The van der Waals surface area contributed by atoms with E-state index >= 15 is 0 Å². The predicted octanol–water partition coefficient (Wildman–Crippen LogP) is -0.224. The zero-order chi connectivity index (χ0) is 7.84. The molecule has 2 rings (SSSR count). The van der Waals surface area contributed by atoms with Crippen LogP contribution in [0, 0.1) is 0 Å². The topological polar surface area (TPSA) is 43.7 Å². The number of nitrogens with zero attached hydrogens (tertiary/aromatic N) is 1. The van der Waals surface area contributed by atoms with Gasteiger partial charge in [0.1, 0.15) is 0 Å². The van der Waals surface area contributed by atoms with Crippen molar-refractivity contribution < 1.29 is 10.2 Å². The van der Waals surface area contributed by atoms with Crippen LogP contribution < -0.4 is 0 Å². The number of fused-ring (bicyclic) bond motifs is 1. The summed E-state index contributed by atoms with van der Waals surface area (Å²) >= 11 is 0. The number of aliphatic hydroxyl groups excluding tert-OH is 2. The molecule has 2 atom stereocenters. The molecule has 0 radical (unpaired) electrons. The normalized spacial score (nSPS) is 34.3. The fourth-order valence-corrected chi connectivity index (χ4v) is 2.04. The van der Waals surface area contributed by atoms with Gasteiger partial charge in [0, 0.05) is 13.1 Å². The lowest BCUT2D eigenvalue weighted by molar-refractivity contribution is 0.140. The van der Waals surface area contributed by atoms with Crippen LogP contribution in [0.1, 0.15) is 6.42 Å². The molecule has 2 heterocycles. The second kappa shape index (κ2) is 3.75. The summed E-state index contributed by atoms with van der Waals surface area (Å²) in [5.41, 5.74) is 0.995. The van der Waals surface area contributed by atoms with E-state index in [9.17, 15) is 5.11 Å². The van der Waals surface area contributed by atoms with Gasteiger partial charge in [-0.15, -0.1) is 12.4 Å². The Morgan fingerprint density at radius 1 is 1.58 bits per heavy atom. The van der Waals surface area contributed by atoms with E-state index in [2.05, 4.69) is 4.90 Å². The minimum atomic E-state index is -0.254. The van der Waals surface area contributed by atoms with E-state index in [-0.39, 0.29) is 31.2 Å². The number of halogens is 1. The van der Waals surface area contributed by atoms with Gasteiger partial charge in [-0.3, -0.25) is 4.90 Å². The summed E-state index contributed by atoms with van der Waals surface area (Å²) in [4.78, 5) is 2.20. The molecule has 0 aromatic rings. The highest BCUT2D eigenvalue weighted by atomic mass is 35.5. The van der Waals surface area contributed by atoms with Gasteiger partial charge in [0.15, 0.2) is 0 Å². The first kappa shape index (κ1) is 9.99. The SMILES string of the molecule is Cl.OCC1=CCN2CC[C@H](O)[C@H]12. The zero-order valence-electron chi connectivity index (χ0n) is 6.81. The van der Waals surface area contributed by atoms with E-state index in [1.807, 2.05) is 6.08 Å². The summed E-state index contributed by atoms with van der Waals surface area (Å²) < 4.78 is 0. The Bertz CT molecular complexity index is 195. The molecule has 4 heteroatoms. The van der Waals surface area contributed by atoms with Gasteiger partial charge in [-0.25, -0.2) is 0 Å². The number of hydrogen-bond acceptors (Lipinski definition) is 3. The third-order valence-corrected chi connectivity index (χ3v) is 2.62. The van der Waals surface area contributed by atoms with E-state index in [0.717, 1.165) is 25.1 Å². The molecule has 12 heavy (non-hydrogen) atoms. The van der Waals surface area contributed by atoms with Crippen LogP contribution in [-0.2, 0) is 0 Å². The highest BCUT2D eigenvalue weighted by Gasteiger charge is 2.37. The van der Waals surface area contributed by atoms with Crippen molar-refractivity contribution in [2.24, 2.45) is 0 Å². The number of aliphatic hydroxyl groups is 2. The molecular weight excluding hydrogens is 178 g/mol. The van der Waals surface area contributed by atoms with Crippen molar-refractivity contribution >= 4 is 12.4 Å². The quantitative estimate of drug-likeness (QED) is 0.563. The lowest BCUT2D eigenvalue weighted by Gasteiger charge is -2.19. The van der Waals surface area contributed by atoms with Gasteiger partial charge in [-0.2, -0.15) is 0 Å². The van der Waals surface area contributed by atoms with Crippen LogP contribution in [0.3, 0.4) is 0 Å². The molecular formula is C8H14ClNO2. The zero-order valence-corrected chi connectivity index (χ0v) is 7.63. The lowest BCUT2D eigenvalue weighted by Crippen LogP contribution is -2.32. The van der Waals surface area contributed by atoms with Crippen LogP contribution in [-0.4, -0.2) is 47.0 Å². The minimum Gasteiger partial charge on any atom is -0.392 e. The Hall–Kier alpha value is -0.0900. The van der Waals surface area contributed by atoms with Crippen molar-refractivity contribution in [1.29, 1.82) is 0 Å². The Kier molecular flexibility index (Phi) is 3.12. The van der Waals surface area contributed by atoms with E-state index in [4.69, 9.17) is 5.11 Å². The van der Waals surface area contributed by atoms with Crippen molar-refractivity contribution in [3.05, 3.63) is 11.6 Å². The average molecular weight is 192 g/mol.